The highest BCUT2D eigenvalue weighted by molar-refractivity contribution is 6.36. The van der Waals surface area contributed by atoms with Gasteiger partial charge in [0.1, 0.15) is 5.82 Å². The van der Waals surface area contributed by atoms with Gasteiger partial charge in [-0.25, -0.2) is 9.18 Å². The number of primary amides is 1. The summed E-state index contributed by atoms with van der Waals surface area (Å²) >= 11 is 6.34. The van der Waals surface area contributed by atoms with Crippen LogP contribution >= 0.6 is 11.6 Å². The molecular formula is C25H21ClF4N2O3. The van der Waals surface area contributed by atoms with Crippen molar-refractivity contribution >= 4 is 23.5 Å². The smallest absolute Gasteiger partial charge is 0.475 e. The van der Waals surface area contributed by atoms with E-state index in [4.69, 9.17) is 27.2 Å². The molecule has 0 radical (unpaired) electrons. The lowest BCUT2D eigenvalue weighted by atomic mass is 10.0. The van der Waals surface area contributed by atoms with Crippen LogP contribution < -0.4 is 11.1 Å². The Morgan fingerprint density at radius 1 is 1.03 bits per heavy atom. The molecule has 0 fully saturated rings. The van der Waals surface area contributed by atoms with Crippen LogP contribution in [0.3, 0.4) is 0 Å². The molecule has 0 spiro atoms. The summed E-state index contributed by atoms with van der Waals surface area (Å²) in [4.78, 5) is 20.4. The maximum absolute atomic E-state index is 13.4. The van der Waals surface area contributed by atoms with E-state index >= 15 is 0 Å². The monoisotopic (exact) mass is 508 g/mol. The molecular weight excluding hydrogens is 488 g/mol. The number of carbonyl (C=O) groups is 2. The van der Waals surface area contributed by atoms with Crippen LogP contribution in [0.25, 0.3) is 11.1 Å². The van der Waals surface area contributed by atoms with Gasteiger partial charge in [0.15, 0.2) is 0 Å². The van der Waals surface area contributed by atoms with Gasteiger partial charge in [-0.1, -0.05) is 54.1 Å². The van der Waals surface area contributed by atoms with Gasteiger partial charge in [0.05, 0.1) is 10.6 Å². The molecule has 1 atom stereocenters. The zero-order valence-corrected chi connectivity index (χ0v) is 19.0. The first-order valence-corrected chi connectivity index (χ1v) is 10.8. The van der Waals surface area contributed by atoms with Crippen LogP contribution in [0.1, 0.15) is 27.0 Å². The summed E-state index contributed by atoms with van der Waals surface area (Å²) in [5.41, 5.74) is 10.9. The fraction of sp³-hybridized carbons (Fsp3) is 0.200. The Kier molecular flexibility index (Phi) is 8.14. The van der Waals surface area contributed by atoms with E-state index < -0.39 is 18.1 Å². The average molecular weight is 509 g/mol. The molecule has 0 aromatic heterocycles. The Morgan fingerprint density at radius 2 is 1.66 bits per heavy atom. The predicted molar refractivity (Wildman–Crippen MR) is 124 cm³/mol. The number of aliphatic carboxylic acids is 1. The van der Waals surface area contributed by atoms with Crippen LogP contribution in [0.4, 0.5) is 17.6 Å². The van der Waals surface area contributed by atoms with Crippen molar-refractivity contribution in [2.24, 2.45) is 5.73 Å². The highest BCUT2D eigenvalue weighted by Gasteiger charge is 2.38. The first kappa shape index (κ1) is 26.2. The minimum absolute atomic E-state index is 0.172. The van der Waals surface area contributed by atoms with E-state index in [0.29, 0.717) is 16.6 Å². The maximum Gasteiger partial charge on any atom is 0.490 e. The van der Waals surface area contributed by atoms with Gasteiger partial charge in [-0.05, 0) is 53.3 Å². The Morgan fingerprint density at radius 3 is 2.26 bits per heavy atom. The SMILES string of the molecule is NC(=O)c1cccc(-c2ccc(CN[C@H]3Cc4ccc(F)cc4C3)cc2)c1Cl.O=C(O)C(F)(F)F. The molecule has 4 rings (SSSR count). The van der Waals surface area contributed by atoms with Crippen LogP contribution in [0, 0.1) is 5.82 Å². The molecule has 0 heterocycles. The Bertz CT molecular complexity index is 1230. The summed E-state index contributed by atoms with van der Waals surface area (Å²) in [7, 11) is 0. The number of hydrogen-bond donors (Lipinski definition) is 3. The predicted octanol–water partition coefficient (Wildman–Crippen LogP) is 5.14. The van der Waals surface area contributed by atoms with Crippen LogP contribution in [0.2, 0.25) is 5.02 Å². The van der Waals surface area contributed by atoms with E-state index in [1.807, 2.05) is 36.4 Å². The summed E-state index contributed by atoms with van der Waals surface area (Å²) in [5, 5.41) is 11.0. The highest BCUT2D eigenvalue weighted by Crippen LogP contribution is 2.31. The van der Waals surface area contributed by atoms with E-state index in [0.717, 1.165) is 41.6 Å². The number of carboxylic acid groups (broad SMARTS) is 1. The van der Waals surface area contributed by atoms with Crippen molar-refractivity contribution in [1.29, 1.82) is 0 Å². The molecule has 1 aliphatic rings. The minimum atomic E-state index is -5.08. The lowest BCUT2D eigenvalue weighted by molar-refractivity contribution is -0.192. The fourth-order valence-electron chi connectivity index (χ4n) is 3.74. The summed E-state index contributed by atoms with van der Waals surface area (Å²) in [6, 6.07) is 18.7. The fourth-order valence-corrected chi connectivity index (χ4v) is 4.07. The lowest BCUT2D eigenvalue weighted by Gasteiger charge is -2.13. The number of rotatable bonds is 5. The van der Waals surface area contributed by atoms with E-state index in [2.05, 4.69) is 5.32 Å². The van der Waals surface area contributed by atoms with Gasteiger partial charge < -0.3 is 16.2 Å². The number of nitrogens with one attached hydrogen (secondary N) is 1. The summed E-state index contributed by atoms with van der Waals surface area (Å²) in [5.74, 6) is -3.47. The number of carbonyl (C=O) groups excluding carboxylic acids is 1. The number of hydrogen-bond acceptors (Lipinski definition) is 3. The van der Waals surface area contributed by atoms with Crippen LogP contribution in [-0.4, -0.2) is 29.2 Å². The third-order valence-electron chi connectivity index (χ3n) is 5.47. The van der Waals surface area contributed by atoms with Crippen molar-refractivity contribution in [3.8, 4) is 11.1 Å². The van der Waals surface area contributed by atoms with E-state index in [1.165, 1.54) is 11.6 Å². The third-order valence-corrected chi connectivity index (χ3v) is 5.87. The molecule has 0 bridgehead atoms. The number of amides is 1. The number of carboxylic acids is 1. The Hall–Kier alpha value is -3.43. The summed E-state index contributed by atoms with van der Waals surface area (Å²) in [6.45, 7) is 0.733. The quantitative estimate of drug-likeness (QED) is 0.416. The third kappa shape index (κ3) is 6.80. The number of fused-ring (bicyclic) bond motifs is 1. The van der Waals surface area contributed by atoms with Crippen molar-refractivity contribution < 1.29 is 32.3 Å². The second kappa shape index (κ2) is 10.9. The van der Waals surface area contributed by atoms with Crippen LogP contribution in [0.15, 0.2) is 60.7 Å². The Balaban J connectivity index is 0.000000429. The van der Waals surface area contributed by atoms with Gasteiger partial charge >= 0.3 is 12.1 Å². The molecule has 3 aromatic carbocycles. The van der Waals surface area contributed by atoms with Gasteiger partial charge in [0.2, 0.25) is 5.91 Å². The van der Waals surface area contributed by atoms with E-state index in [-0.39, 0.29) is 5.82 Å². The number of nitrogens with two attached hydrogens (primary N) is 1. The minimum Gasteiger partial charge on any atom is -0.475 e. The zero-order chi connectivity index (χ0) is 25.8. The lowest BCUT2D eigenvalue weighted by Crippen LogP contribution is -2.28. The first-order valence-electron chi connectivity index (χ1n) is 10.4. The summed E-state index contributed by atoms with van der Waals surface area (Å²) < 4.78 is 45.1. The van der Waals surface area contributed by atoms with Gasteiger partial charge in [-0.3, -0.25) is 4.79 Å². The maximum atomic E-state index is 13.4. The number of alkyl halides is 3. The number of benzene rings is 3. The standard InChI is InChI=1S/C23H20ClFN2O.C2HF3O2/c24-22-20(2-1-3-21(22)23(26)28)15-6-4-14(5-7-15)13-27-19-11-16-8-9-18(25)10-17(16)12-19;3-2(4,5)1(6)7/h1-10,19,27H,11-13H2,(H2,26,28);(H,6,7)/t19-;/m0./s1. The van der Waals surface area contributed by atoms with Crippen molar-refractivity contribution in [2.75, 3.05) is 0 Å². The molecule has 35 heavy (non-hydrogen) atoms. The summed E-state index contributed by atoms with van der Waals surface area (Å²) in [6.07, 6.45) is -3.32. The first-order chi connectivity index (χ1) is 16.5. The molecule has 0 saturated heterocycles. The molecule has 10 heteroatoms. The highest BCUT2D eigenvalue weighted by atomic mass is 35.5. The molecule has 0 unspecified atom stereocenters. The Labute approximate surface area is 203 Å². The second-order valence-electron chi connectivity index (χ2n) is 7.93. The molecule has 0 aliphatic heterocycles. The van der Waals surface area contributed by atoms with Gasteiger partial charge in [0, 0.05) is 18.2 Å². The molecule has 1 aliphatic carbocycles. The molecule has 1 amide bonds. The zero-order valence-electron chi connectivity index (χ0n) is 18.2. The van der Waals surface area contributed by atoms with Crippen LogP contribution in [-0.2, 0) is 24.2 Å². The van der Waals surface area contributed by atoms with E-state index in [9.17, 15) is 22.4 Å². The normalized spacial score (nSPS) is 14.6. The molecule has 0 saturated carbocycles. The largest absolute Gasteiger partial charge is 0.490 e. The molecule has 184 valence electrons. The van der Waals surface area contributed by atoms with Gasteiger partial charge in [-0.2, -0.15) is 13.2 Å². The van der Waals surface area contributed by atoms with Crippen LogP contribution in [0.5, 0.6) is 0 Å². The van der Waals surface area contributed by atoms with Crippen molar-refractivity contribution in [3.05, 3.63) is 93.8 Å². The van der Waals surface area contributed by atoms with Crippen molar-refractivity contribution in [3.63, 3.8) is 0 Å². The van der Waals surface area contributed by atoms with Crippen molar-refractivity contribution in [1.82, 2.24) is 5.32 Å². The van der Waals surface area contributed by atoms with Gasteiger partial charge in [-0.15, -0.1) is 0 Å². The molecule has 3 aromatic rings. The topological polar surface area (TPSA) is 92.4 Å². The van der Waals surface area contributed by atoms with E-state index in [1.54, 1.807) is 18.2 Å². The second-order valence-corrected chi connectivity index (χ2v) is 8.31. The molecule has 5 nitrogen and oxygen atoms in total. The number of halogens is 5. The van der Waals surface area contributed by atoms with Gasteiger partial charge in [0.25, 0.3) is 0 Å². The van der Waals surface area contributed by atoms with Crippen molar-refractivity contribution in [2.45, 2.75) is 31.6 Å². The average Bonchev–Trinajstić information content (AvgIpc) is 3.20. The molecule has 4 N–H and O–H groups in total.